The van der Waals surface area contributed by atoms with Crippen LogP contribution in [0.4, 0.5) is 5.82 Å². The molecule has 2 aromatic rings. The highest BCUT2D eigenvalue weighted by Crippen LogP contribution is 2.24. The molecule has 0 radical (unpaired) electrons. The number of nitrogens with one attached hydrogen (secondary N) is 1. The first-order valence-electron chi connectivity index (χ1n) is 6.74. The van der Waals surface area contributed by atoms with Crippen LogP contribution < -0.4 is 16.0 Å². The Kier molecular flexibility index (Phi) is 4.61. The first kappa shape index (κ1) is 14.8. The van der Waals surface area contributed by atoms with Crippen molar-refractivity contribution in [2.75, 3.05) is 18.0 Å². The monoisotopic (exact) mass is 295 g/mol. The first-order chi connectivity index (χ1) is 9.52. The molecule has 110 valence electrons. The Morgan fingerprint density at radius 3 is 2.95 bits per heavy atom. The van der Waals surface area contributed by atoms with E-state index in [0.717, 1.165) is 16.5 Å². The summed E-state index contributed by atoms with van der Waals surface area (Å²) < 4.78 is 2.07. The van der Waals surface area contributed by atoms with E-state index in [0.29, 0.717) is 19.1 Å². The van der Waals surface area contributed by atoms with E-state index in [4.69, 9.17) is 5.73 Å². The van der Waals surface area contributed by atoms with Crippen molar-refractivity contribution in [3.05, 3.63) is 17.3 Å². The van der Waals surface area contributed by atoms with Crippen LogP contribution in [0.15, 0.2) is 11.6 Å². The molecule has 0 aliphatic carbocycles. The second-order valence-electron chi connectivity index (χ2n) is 4.95. The Balaban J connectivity index is 2.36. The molecule has 2 aromatic heterocycles. The number of thiazole rings is 1. The predicted molar refractivity (Wildman–Crippen MR) is 82.1 cm³/mol. The Labute approximate surface area is 122 Å². The molecule has 0 aliphatic heterocycles. The minimum Gasteiger partial charge on any atom is -0.368 e. The van der Waals surface area contributed by atoms with Crippen LogP contribution in [0.3, 0.4) is 0 Å². The molecule has 20 heavy (non-hydrogen) atoms. The van der Waals surface area contributed by atoms with Crippen molar-refractivity contribution in [3.8, 4) is 0 Å². The summed E-state index contributed by atoms with van der Waals surface area (Å²) in [7, 11) is 0. The smallest absolute Gasteiger partial charge is 0.236 e. The molecule has 0 aromatic carbocycles. The van der Waals surface area contributed by atoms with E-state index in [1.54, 1.807) is 11.3 Å². The van der Waals surface area contributed by atoms with Crippen molar-refractivity contribution >= 4 is 28.0 Å². The van der Waals surface area contributed by atoms with Gasteiger partial charge >= 0.3 is 0 Å². The molecule has 0 saturated carbocycles. The molecule has 6 nitrogen and oxygen atoms in total. The van der Waals surface area contributed by atoms with E-state index in [-0.39, 0.29) is 12.5 Å². The number of rotatable bonds is 7. The lowest BCUT2D eigenvalue weighted by molar-refractivity contribution is -0.116. The van der Waals surface area contributed by atoms with Crippen LogP contribution in [-0.2, 0) is 11.3 Å². The normalized spacial score (nSPS) is 11.4. The van der Waals surface area contributed by atoms with Crippen molar-refractivity contribution in [1.82, 2.24) is 14.7 Å². The maximum Gasteiger partial charge on any atom is 0.236 e. The number of carbonyl (C=O) groups excluding carboxylic acids is 1. The highest BCUT2D eigenvalue weighted by atomic mass is 32.1. The molecular formula is C13H21N5OS. The van der Waals surface area contributed by atoms with Gasteiger partial charge in [0, 0.05) is 30.7 Å². The lowest BCUT2D eigenvalue weighted by atomic mass is 10.3. The van der Waals surface area contributed by atoms with Gasteiger partial charge in [-0.15, -0.1) is 11.3 Å². The van der Waals surface area contributed by atoms with Gasteiger partial charge in [-0.25, -0.2) is 4.98 Å². The highest BCUT2D eigenvalue weighted by Gasteiger charge is 2.19. The fraction of sp³-hybridized carbons (Fsp3) is 0.538. The number of likely N-dealkylation sites (N-methyl/N-ethyl adjacent to an activating group) is 1. The summed E-state index contributed by atoms with van der Waals surface area (Å²) in [5, 5.41) is 5.41. The molecule has 0 atom stereocenters. The van der Waals surface area contributed by atoms with Gasteiger partial charge in [0.1, 0.15) is 0 Å². The van der Waals surface area contributed by atoms with Crippen molar-refractivity contribution in [2.45, 2.75) is 33.4 Å². The van der Waals surface area contributed by atoms with Crippen LogP contribution in [0, 0.1) is 0 Å². The number of fused-ring (bicyclic) bond motifs is 1. The molecule has 0 aliphatic rings. The summed E-state index contributed by atoms with van der Waals surface area (Å²) in [4.78, 5) is 18.7. The van der Waals surface area contributed by atoms with E-state index in [9.17, 15) is 4.79 Å². The maximum atomic E-state index is 11.2. The van der Waals surface area contributed by atoms with Crippen LogP contribution in [0.1, 0.15) is 26.5 Å². The largest absolute Gasteiger partial charge is 0.368 e. The minimum absolute atomic E-state index is 0.190. The molecular weight excluding hydrogens is 274 g/mol. The summed E-state index contributed by atoms with van der Waals surface area (Å²) in [5.74, 6) is 0.497. The van der Waals surface area contributed by atoms with Crippen molar-refractivity contribution in [2.24, 2.45) is 5.73 Å². The number of nitrogens with two attached hydrogens (primary N) is 1. The average Bonchev–Trinajstić information content (AvgIpc) is 2.93. The van der Waals surface area contributed by atoms with E-state index < -0.39 is 0 Å². The van der Waals surface area contributed by atoms with Gasteiger partial charge in [0.2, 0.25) is 5.91 Å². The minimum atomic E-state index is -0.342. The van der Waals surface area contributed by atoms with Crippen molar-refractivity contribution in [3.63, 3.8) is 0 Å². The second-order valence-corrected chi connectivity index (χ2v) is 5.83. The van der Waals surface area contributed by atoms with Gasteiger partial charge in [-0.3, -0.25) is 9.20 Å². The van der Waals surface area contributed by atoms with E-state index in [1.807, 2.05) is 23.4 Å². The topological polar surface area (TPSA) is 75.7 Å². The Morgan fingerprint density at radius 2 is 2.35 bits per heavy atom. The Bertz CT molecular complexity index is 589. The summed E-state index contributed by atoms with van der Waals surface area (Å²) in [5.41, 5.74) is 6.39. The quantitative estimate of drug-likeness (QED) is 0.805. The van der Waals surface area contributed by atoms with Crippen LogP contribution in [0.25, 0.3) is 4.96 Å². The maximum absolute atomic E-state index is 11.2. The SMILES string of the molecule is CCN(CC(N)=O)c1nc2sccn2c1CNC(C)C. The van der Waals surface area contributed by atoms with Crippen LogP contribution in [0.5, 0.6) is 0 Å². The lowest BCUT2D eigenvalue weighted by Crippen LogP contribution is -2.35. The Morgan fingerprint density at radius 1 is 1.60 bits per heavy atom. The van der Waals surface area contributed by atoms with Gasteiger partial charge in [-0.2, -0.15) is 0 Å². The van der Waals surface area contributed by atoms with Crippen molar-refractivity contribution < 1.29 is 4.79 Å². The number of aromatic nitrogens is 2. The van der Waals surface area contributed by atoms with Crippen LogP contribution >= 0.6 is 11.3 Å². The standard InChI is InChI=1S/C13H21N5OS/c1-4-17(8-11(14)19)12-10(7-15-9(2)3)18-5-6-20-13(18)16-12/h5-6,9,15H,4,7-8H2,1-3H3,(H2,14,19). The molecule has 0 spiro atoms. The molecule has 0 saturated heterocycles. The first-order valence-corrected chi connectivity index (χ1v) is 7.62. The van der Waals surface area contributed by atoms with Crippen LogP contribution in [-0.4, -0.2) is 34.4 Å². The molecule has 0 bridgehead atoms. The van der Waals surface area contributed by atoms with Gasteiger partial charge in [0.05, 0.1) is 12.2 Å². The van der Waals surface area contributed by atoms with Crippen molar-refractivity contribution in [1.29, 1.82) is 0 Å². The molecule has 2 rings (SSSR count). The number of carbonyl (C=O) groups is 1. The third kappa shape index (κ3) is 3.10. The zero-order valence-corrected chi connectivity index (χ0v) is 12.9. The zero-order valence-electron chi connectivity index (χ0n) is 12.1. The number of hydrogen-bond donors (Lipinski definition) is 2. The Hall–Kier alpha value is -1.60. The average molecular weight is 295 g/mol. The van der Waals surface area contributed by atoms with E-state index in [1.165, 1.54) is 0 Å². The summed E-state index contributed by atoms with van der Waals surface area (Å²) in [6, 6.07) is 0.387. The molecule has 1 amide bonds. The molecule has 0 fully saturated rings. The predicted octanol–water partition coefficient (Wildman–Crippen LogP) is 1.21. The second kappa shape index (κ2) is 6.23. The van der Waals surface area contributed by atoms with Gasteiger partial charge in [0.15, 0.2) is 10.8 Å². The van der Waals surface area contributed by atoms with Gasteiger partial charge in [-0.05, 0) is 6.92 Å². The zero-order chi connectivity index (χ0) is 14.7. The summed E-state index contributed by atoms with van der Waals surface area (Å²) in [6.07, 6.45) is 2.01. The molecule has 0 unspecified atom stereocenters. The summed E-state index contributed by atoms with van der Waals surface area (Å²) in [6.45, 7) is 7.80. The van der Waals surface area contributed by atoms with Gasteiger partial charge in [0.25, 0.3) is 0 Å². The number of amides is 1. The number of nitrogens with zero attached hydrogens (tertiary/aromatic N) is 3. The number of primary amides is 1. The number of hydrogen-bond acceptors (Lipinski definition) is 5. The van der Waals surface area contributed by atoms with Crippen LogP contribution in [0.2, 0.25) is 0 Å². The third-order valence-electron chi connectivity index (χ3n) is 3.05. The fourth-order valence-electron chi connectivity index (χ4n) is 2.06. The molecule has 7 heteroatoms. The third-order valence-corrected chi connectivity index (χ3v) is 3.80. The molecule has 2 heterocycles. The highest BCUT2D eigenvalue weighted by molar-refractivity contribution is 7.15. The molecule has 3 N–H and O–H groups in total. The fourth-order valence-corrected chi connectivity index (χ4v) is 2.79. The van der Waals surface area contributed by atoms with E-state index in [2.05, 4.69) is 28.5 Å². The van der Waals surface area contributed by atoms with Gasteiger partial charge < -0.3 is 16.0 Å². The van der Waals surface area contributed by atoms with Gasteiger partial charge in [-0.1, -0.05) is 13.8 Å². The lowest BCUT2D eigenvalue weighted by Gasteiger charge is -2.20. The van der Waals surface area contributed by atoms with E-state index >= 15 is 0 Å². The number of anilines is 1. The number of imidazole rings is 1. The summed E-state index contributed by atoms with van der Waals surface area (Å²) >= 11 is 1.58.